The van der Waals surface area contributed by atoms with Crippen molar-refractivity contribution in [3.8, 4) is 0 Å². The van der Waals surface area contributed by atoms with Crippen LogP contribution in [0.2, 0.25) is 0 Å². The third-order valence-electron chi connectivity index (χ3n) is 3.08. The zero-order chi connectivity index (χ0) is 18.3. The second kappa shape index (κ2) is 8.47. The number of carbonyl (C=O) groups is 4. The van der Waals surface area contributed by atoms with Gasteiger partial charge in [-0.3, -0.25) is 14.9 Å². The van der Waals surface area contributed by atoms with E-state index in [2.05, 4.69) is 16.0 Å². The Hall–Kier alpha value is -2.37. The van der Waals surface area contributed by atoms with Crippen LogP contribution in [0.4, 0.5) is 18.0 Å². The van der Waals surface area contributed by atoms with Gasteiger partial charge in [-0.2, -0.15) is 13.2 Å². The molecule has 0 aromatic heterocycles. The third kappa shape index (κ3) is 6.81. The number of aliphatic carboxylic acids is 1. The lowest BCUT2D eigenvalue weighted by molar-refractivity contribution is -0.192. The molecule has 0 spiro atoms. The van der Waals surface area contributed by atoms with Gasteiger partial charge in [-0.15, -0.1) is 0 Å². The number of carboxylic acids is 1. The van der Waals surface area contributed by atoms with E-state index in [0.717, 1.165) is 19.4 Å². The van der Waals surface area contributed by atoms with Gasteiger partial charge in [0, 0.05) is 6.04 Å². The highest BCUT2D eigenvalue weighted by molar-refractivity contribution is 6.06. The molecule has 2 heterocycles. The summed E-state index contributed by atoms with van der Waals surface area (Å²) < 4.78 is 36.7. The number of nitrogens with one attached hydrogen (secondary N) is 3. The van der Waals surface area contributed by atoms with E-state index < -0.39 is 30.2 Å². The summed E-state index contributed by atoms with van der Waals surface area (Å²) >= 11 is 0. The number of imide groups is 1. The summed E-state index contributed by atoms with van der Waals surface area (Å²) in [6.07, 6.45) is -3.70. The van der Waals surface area contributed by atoms with Gasteiger partial charge in [0.1, 0.15) is 12.6 Å². The molecule has 24 heavy (non-hydrogen) atoms. The molecule has 2 rings (SSSR count). The molecule has 136 valence electrons. The highest BCUT2D eigenvalue weighted by Gasteiger charge is 2.38. The van der Waals surface area contributed by atoms with E-state index in [0.29, 0.717) is 0 Å². The van der Waals surface area contributed by atoms with Crippen LogP contribution in [0.25, 0.3) is 0 Å². The highest BCUT2D eigenvalue weighted by Crippen LogP contribution is 2.13. The molecule has 0 aliphatic carbocycles. The maximum atomic E-state index is 11.4. The van der Waals surface area contributed by atoms with Crippen LogP contribution in [-0.4, -0.2) is 60.4 Å². The van der Waals surface area contributed by atoms with Crippen LogP contribution in [0.3, 0.4) is 0 Å². The van der Waals surface area contributed by atoms with Crippen molar-refractivity contribution in [3.05, 3.63) is 0 Å². The summed E-state index contributed by atoms with van der Waals surface area (Å²) in [7, 11) is 0. The molecule has 0 radical (unpaired) electrons. The molecule has 2 atom stereocenters. The van der Waals surface area contributed by atoms with Crippen molar-refractivity contribution < 1.29 is 42.2 Å². The number of hydrogen-bond donors (Lipinski definition) is 4. The van der Waals surface area contributed by atoms with Crippen molar-refractivity contribution in [3.63, 3.8) is 0 Å². The molecule has 2 aliphatic heterocycles. The molecule has 9 nitrogen and oxygen atoms in total. The first-order valence-electron chi connectivity index (χ1n) is 6.90. The fourth-order valence-electron chi connectivity index (χ4n) is 1.93. The SMILES string of the molecule is O=C(O)C(F)(F)F.O=C1CC(NC(=O)OC[C@@H]2CCCN2)C(=O)N1. The minimum absolute atomic E-state index is 0.0182. The number of halogens is 3. The second-order valence-corrected chi connectivity index (χ2v) is 5.01. The lowest BCUT2D eigenvalue weighted by Crippen LogP contribution is -2.41. The van der Waals surface area contributed by atoms with Gasteiger partial charge in [-0.1, -0.05) is 0 Å². The van der Waals surface area contributed by atoms with E-state index in [1.54, 1.807) is 0 Å². The number of alkyl halides is 3. The minimum Gasteiger partial charge on any atom is -0.475 e. The Morgan fingerprint density at radius 2 is 1.96 bits per heavy atom. The van der Waals surface area contributed by atoms with Gasteiger partial charge in [-0.25, -0.2) is 9.59 Å². The summed E-state index contributed by atoms with van der Waals surface area (Å²) in [5.41, 5.74) is 0. The topological polar surface area (TPSA) is 134 Å². The zero-order valence-electron chi connectivity index (χ0n) is 12.3. The molecule has 4 N–H and O–H groups in total. The number of ether oxygens (including phenoxy) is 1. The zero-order valence-corrected chi connectivity index (χ0v) is 12.3. The third-order valence-corrected chi connectivity index (χ3v) is 3.08. The molecular formula is C12H16F3N3O6. The molecule has 2 aliphatic rings. The summed E-state index contributed by atoms with van der Waals surface area (Å²) in [6, 6.07) is -0.605. The Bertz CT molecular complexity index is 505. The minimum atomic E-state index is -5.08. The van der Waals surface area contributed by atoms with Gasteiger partial charge in [0.05, 0.1) is 6.42 Å². The van der Waals surface area contributed by atoms with Crippen LogP contribution in [0.1, 0.15) is 19.3 Å². The van der Waals surface area contributed by atoms with Crippen LogP contribution in [0.5, 0.6) is 0 Å². The number of carboxylic acid groups (broad SMARTS) is 1. The number of amides is 3. The van der Waals surface area contributed by atoms with Crippen LogP contribution in [0, 0.1) is 0 Å². The molecule has 2 saturated heterocycles. The van der Waals surface area contributed by atoms with E-state index in [-0.39, 0.29) is 25.0 Å². The highest BCUT2D eigenvalue weighted by atomic mass is 19.4. The van der Waals surface area contributed by atoms with Gasteiger partial charge >= 0.3 is 18.2 Å². The van der Waals surface area contributed by atoms with Gasteiger partial charge in [0.2, 0.25) is 11.8 Å². The molecule has 0 aromatic rings. The van der Waals surface area contributed by atoms with Crippen molar-refractivity contribution in [2.45, 2.75) is 37.5 Å². The summed E-state index contributed by atoms with van der Waals surface area (Å²) in [5, 5.41) is 14.8. The predicted molar refractivity (Wildman–Crippen MR) is 70.8 cm³/mol. The largest absolute Gasteiger partial charge is 0.490 e. The average molecular weight is 355 g/mol. The fourth-order valence-corrected chi connectivity index (χ4v) is 1.93. The maximum absolute atomic E-state index is 11.4. The van der Waals surface area contributed by atoms with Gasteiger partial charge in [-0.05, 0) is 19.4 Å². The van der Waals surface area contributed by atoms with Crippen molar-refractivity contribution >= 4 is 23.9 Å². The normalized spacial score (nSPS) is 23.1. The van der Waals surface area contributed by atoms with Crippen LogP contribution in [0.15, 0.2) is 0 Å². The van der Waals surface area contributed by atoms with E-state index in [4.69, 9.17) is 14.6 Å². The Morgan fingerprint density at radius 1 is 1.33 bits per heavy atom. The second-order valence-electron chi connectivity index (χ2n) is 5.01. The molecule has 0 bridgehead atoms. The van der Waals surface area contributed by atoms with Gasteiger partial charge in [0.15, 0.2) is 0 Å². The summed E-state index contributed by atoms with van der Waals surface area (Å²) in [4.78, 5) is 42.3. The summed E-state index contributed by atoms with van der Waals surface area (Å²) in [5.74, 6) is -3.61. The predicted octanol–water partition coefficient (Wildman–Crippen LogP) is -0.487. The Balaban J connectivity index is 0.000000351. The number of carbonyl (C=O) groups excluding carboxylic acids is 3. The van der Waals surface area contributed by atoms with Crippen molar-refractivity contribution in [2.75, 3.05) is 13.2 Å². The monoisotopic (exact) mass is 355 g/mol. The summed E-state index contributed by atoms with van der Waals surface area (Å²) in [6.45, 7) is 1.23. The van der Waals surface area contributed by atoms with Crippen molar-refractivity contribution in [2.24, 2.45) is 0 Å². The van der Waals surface area contributed by atoms with E-state index >= 15 is 0 Å². The van der Waals surface area contributed by atoms with Crippen LogP contribution < -0.4 is 16.0 Å². The molecule has 3 amide bonds. The number of hydrogen-bond acceptors (Lipinski definition) is 6. The van der Waals surface area contributed by atoms with Crippen LogP contribution >= 0.6 is 0 Å². The Labute approximate surface area is 133 Å². The Kier molecular flexibility index (Phi) is 6.95. The Morgan fingerprint density at radius 3 is 2.38 bits per heavy atom. The van der Waals surface area contributed by atoms with E-state index in [1.165, 1.54) is 0 Å². The molecule has 1 unspecified atom stereocenters. The molecule has 12 heteroatoms. The fraction of sp³-hybridized carbons (Fsp3) is 0.667. The first kappa shape index (κ1) is 19.7. The number of rotatable bonds is 3. The first-order valence-corrected chi connectivity index (χ1v) is 6.90. The van der Waals surface area contributed by atoms with Gasteiger partial charge in [0.25, 0.3) is 0 Å². The molecule has 2 fully saturated rings. The average Bonchev–Trinajstić information content (AvgIpc) is 3.06. The standard InChI is InChI=1S/C10H15N3O4.C2HF3O2/c14-8-4-7(9(15)13-8)12-10(16)17-5-6-2-1-3-11-6;3-2(4,5)1(6)7/h6-7,11H,1-5H2,(H,12,16)(H,13,14,15);(H,6,7)/t6-,7?;/m0./s1. The lowest BCUT2D eigenvalue weighted by atomic mass is 10.2. The smallest absolute Gasteiger partial charge is 0.475 e. The maximum Gasteiger partial charge on any atom is 0.490 e. The molecule has 0 aromatic carbocycles. The lowest BCUT2D eigenvalue weighted by Gasteiger charge is -2.13. The first-order chi connectivity index (χ1) is 11.1. The number of alkyl carbamates (subject to hydrolysis) is 1. The quantitative estimate of drug-likeness (QED) is 0.502. The molecule has 0 saturated carbocycles. The van der Waals surface area contributed by atoms with Crippen molar-refractivity contribution in [1.82, 2.24) is 16.0 Å². The van der Waals surface area contributed by atoms with Gasteiger partial charge < -0.3 is 20.5 Å². The van der Waals surface area contributed by atoms with E-state index in [1.807, 2.05) is 0 Å². The van der Waals surface area contributed by atoms with E-state index in [9.17, 15) is 27.6 Å². The van der Waals surface area contributed by atoms with Crippen molar-refractivity contribution in [1.29, 1.82) is 0 Å². The molecular weight excluding hydrogens is 339 g/mol. The van der Waals surface area contributed by atoms with Crippen LogP contribution in [-0.2, 0) is 19.1 Å².